The minimum atomic E-state index is -0.542. The number of carbonyl (C=O) groups excluding carboxylic acids is 2. The van der Waals surface area contributed by atoms with Crippen LogP contribution in [0.15, 0.2) is 54.6 Å². The smallest absolute Gasteiger partial charge is 0.310 e. The van der Waals surface area contributed by atoms with Crippen molar-refractivity contribution in [2.75, 3.05) is 13.7 Å². The van der Waals surface area contributed by atoms with Crippen LogP contribution in [0.1, 0.15) is 28.7 Å². The van der Waals surface area contributed by atoms with Gasteiger partial charge in [-0.15, -0.1) is 5.10 Å². The fraction of sp³-hybridized carbons (Fsp3) is 0.273. The summed E-state index contributed by atoms with van der Waals surface area (Å²) in [5.74, 6) is -1.37. The highest BCUT2D eigenvalue weighted by Gasteiger charge is 2.27. The number of hydrogen-bond acceptors (Lipinski definition) is 7. The number of nitrogens with zero attached hydrogens (tertiary/aromatic N) is 5. The van der Waals surface area contributed by atoms with Gasteiger partial charge in [0.05, 0.1) is 29.3 Å². The molecule has 2 aromatic carbocycles. The molecule has 32 heavy (non-hydrogen) atoms. The Morgan fingerprint density at radius 1 is 1.19 bits per heavy atom. The van der Waals surface area contributed by atoms with E-state index in [-0.39, 0.29) is 24.5 Å². The van der Waals surface area contributed by atoms with Gasteiger partial charge >= 0.3 is 5.97 Å². The molecular weight excluding hydrogens is 414 g/mol. The number of carbonyl (C=O) groups is 2. The van der Waals surface area contributed by atoms with E-state index in [9.17, 15) is 19.7 Å². The van der Waals surface area contributed by atoms with Crippen LogP contribution >= 0.6 is 0 Å². The van der Waals surface area contributed by atoms with E-state index < -0.39 is 22.7 Å². The lowest BCUT2D eigenvalue weighted by Gasteiger charge is -2.24. The maximum Gasteiger partial charge on any atom is 0.310 e. The Bertz CT molecular complexity index is 1130. The predicted octanol–water partition coefficient (Wildman–Crippen LogP) is 2.94. The molecule has 0 spiro atoms. The van der Waals surface area contributed by atoms with Crippen molar-refractivity contribution >= 4 is 17.6 Å². The van der Waals surface area contributed by atoms with Crippen molar-refractivity contribution in [3.8, 4) is 5.69 Å². The maximum absolute atomic E-state index is 13.4. The highest BCUT2D eigenvalue weighted by atomic mass is 16.6. The monoisotopic (exact) mass is 437 g/mol. The van der Waals surface area contributed by atoms with Crippen molar-refractivity contribution in [1.82, 2.24) is 19.9 Å². The number of methoxy groups -OCH3 is 1. The molecule has 0 aliphatic rings. The van der Waals surface area contributed by atoms with Gasteiger partial charge in [-0.1, -0.05) is 48.5 Å². The molecule has 166 valence electrons. The minimum Gasteiger partial charge on any atom is -0.469 e. The van der Waals surface area contributed by atoms with Crippen LogP contribution in [0, 0.1) is 23.0 Å². The normalized spacial score (nSPS) is 11.6. The van der Waals surface area contributed by atoms with Gasteiger partial charge in [-0.05, 0) is 18.6 Å². The van der Waals surface area contributed by atoms with E-state index in [2.05, 4.69) is 10.3 Å². The Morgan fingerprint density at radius 3 is 2.56 bits per heavy atom. The molecule has 0 saturated heterocycles. The summed E-state index contributed by atoms with van der Waals surface area (Å²) in [6.07, 6.45) is 0. The number of nitro benzene ring substituents is 1. The van der Waals surface area contributed by atoms with Crippen LogP contribution in [0.25, 0.3) is 5.69 Å². The lowest BCUT2D eigenvalue weighted by Crippen LogP contribution is -2.37. The van der Waals surface area contributed by atoms with Crippen LogP contribution in [0.5, 0.6) is 0 Å². The van der Waals surface area contributed by atoms with Crippen molar-refractivity contribution in [3.05, 3.63) is 81.7 Å². The van der Waals surface area contributed by atoms with Gasteiger partial charge in [-0.2, -0.15) is 0 Å². The topological polar surface area (TPSA) is 120 Å². The summed E-state index contributed by atoms with van der Waals surface area (Å²) in [5, 5.41) is 19.2. The van der Waals surface area contributed by atoms with Gasteiger partial charge in [0, 0.05) is 25.2 Å². The van der Waals surface area contributed by atoms with Gasteiger partial charge in [-0.3, -0.25) is 19.7 Å². The highest BCUT2D eigenvalue weighted by molar-refractivity contribution is 5.93. The highest BCUT2D eigenvalue weighted by Crippen LogP contribution is 2.20. The van der Waals surface area contributed by atoms with E-state index in [0.29, 0.717) is 11.4 Å². The molecule has 1 heterocycles. The van der Waals surface area contributed by atoms with Crippen LogP contribution in [0.3, 0.4) is 0 Å². The number of amides is 1. The molecule has 3 aromatic rings. The molecule has 1 amide bonds. The summed E-state index contributed by atoms with van der Waals surface area (Å²) in [6, 6.07) is 15.3. The Hall–Kier alpha value is -4.08. The molecule has 0 fully saturated rings. The molecule has 0 aliphatic heterocycles. The molecular formula is C22H23N5O5. The van der Waals surface area contributed by atoms with Gasteiger partial charge in [0.15, 0.2) is 5.69 Å². The summed E-state index contributed by atoms with van der Waals surface area (Å²) in [6.45, 7) is 3.74. The average molecular weight is 437 g/mol. The fourth-order valence-electron chi connectivity index (χ4n) is 3.29. The van der Waals surface area contributed by atoms with Gasteiger partial charge in [0.2, 0.25) is 0 Å². The Kier molecular flexibility index (Phi) is 6.93. The van der Waals surface area contributed by atoms with Gasteiger partial charge < -0.3 is 9.64 Å². The first kappa shape index (κ1) is 22.6. The van der Waals surface area contributed by atoms with Gasteiger partial charge in [-0.25, -0.2) is 4.68 Å². The zero-order valence-corrected chi connectivity index (χ0v) is 18.0. The van der Waals surface area contributed by atoms with E-state index in [0.717, 1.165) is 5.56 Å². The molecule has 0 radical (unpaired) electrons. The first-order chi connectivity index (χ1) is 15.3. The number of nitro groups is 1. The summed E-state index contributed by atoms with van der Waals surface area (Å²) in [7, 11) is 1.30. The van der Waals surface area contributed by atoms with E-state index >= 15 is 0 Å². The van der Waals surface area contributed by atoms with E-state index in [4.69, 9.17) is 4.74 Å². The molecule has 0 aliphatic carbocycles. The second kappa shape index (κ2) is 9.82. The number of aromatic nitrogens is 3. The lowest BCUT2D eigenvalue weighted by atomic mass is 10.1. The van der Waals surface area contributed by atoms with Crippen LogP contribution < -0.4 is 0 Å². The quantitative estimate of drug-likeness (QED) is 0.302. The zero-order valence-electron chi connectivity index (χ0n) is 18.0. The Balaban J connectivity index is 1.93. The van der Waals surface area contributed by atoms with Crippen LogP contribution in [0.4, 0.5) is 5.69 Å². The number of non-ortho nitro benzene ring substituents is 1. The first-order valence-electron chi connectivity index (χ1n) is 9.90. The SMILES string of the molecule is COC(=O)C(C)CN(Cc1ccccc1)C(=O)c1nnn(-c2cccc([N+](=O)[O-])c2)c1C. The Labute approximate surface area is 184 Å². The fourth-order valence-corrected chi connectivity index (χ4v) is 3.29. The number of ether oxygens (including phenoxy) is 1. The van der Waals surface area contributed by atoms with Gasteiger partial charge in [0.25, 0.3) is 11.6 Å². The van der Waals surface area contributed by atoms with E-state index in [1.54, 1.807) is 19.9 Å². The summed E-state index contributed by atoms with van der Waals surface area (Å²) < 4.78 is 6.18. The largest absolute Gasteiger partial charge is 0.469 e. The molecule has 1 aromatic heterocycles. The maximum atomic E-state index is 13.4. The third-order valence-electron chi connectivity index (χ3n) is 4.98. The van der Waals surface area contributed by atoms with Gasteiger partial charge in [0.1, 0.15) is 0 Å². The van der Waals surface area contributed by atoms with Crippen molar-refractivity contribution in [1.29, 1.82) is 0 Å². The molecule has 1 unspecified atom stereocenters. The summed E-state index contributed by atoms with van der Waals surface area (Å²) >= 11 is 0. The summed E-state index contributed by atoms with van der Waals surface area (Å²) in [5.41, 5.74) is 1.74. The van der Waals surface area contributed by atoms with Crippen molar-refractivity contribution < 1.29 is 19.2 Å². The molecule has 10 nitrogen and oxygen atoms in total. The van der Waals surface area contributed by atoms with Crippen LogP contribution in [0.2, 0.25) is 0 Å². The predicted molar refractivity (Wildman–Crippen MR) is 115 cm³/mol. The molecule has 3 rings (SSSR count). The third kappa shape index (κ3) is 4.97. The molecule has 0 N–H and O–H groups in total. The van der Waals surface area contributed by atoms with Crippen LogP contribution in [-0.4, -0.2) is 50.3 Å². The van der Waals surface area contributed by atoms with Crippen molar-refractivity contribution in [3.63, 3.8) is 0 Å². The molecule has 0 bridgehead atoms. The van der Waals surface area contributed by atoms with E-state index in [1.807, 2.05) is 30.3 Å². The molecule has 1 atom stereocenters. The van der Waals surface area contributed by atoms with Crippen molar-refractivity contribution in [2.45, 2.75) is 20.4 Å². The number of benzene rings is 2. The zero-order chi connectivity index (χ0) is 23.3. The van der Waals surface area contributed by atoms with Crippen molar-refractivity contribution in [2.24, 2.45) is 5.92 Å². The second-order valence-corrected chi connectivity index (χ2v) is 7.31. The molecule has 0 saturated carbocycles. The number of hydrogen-bond donors (Lipinski definition) is 0. The minimum absolute atomic E-state index is 0.0946. The van der Waals surface area contributed by atoms with E-state index in [1.165, 1.54) is 34.9 Å². The lowest BCUT2D eigenvalue weighted by molar-refractivity contribution is -0.384. The third-order valence-corrected chi connectivity index (χ3v) is 4.98. The summed E-state index contributed by atoms with van der Waals surface area (Å²) in [4.78, 5) is 37.4. The number of esters is 1. The number of rotatable bonds is 8. The first-order valence-corrected chi connectivity index (χ1v) is 9.90. The second-order valence-electron chi connectivity index (χ2n) is 7.31. The molecule has 10 heteroatoms. The average Bonchev–Trinajstić information content (AvgIpc) is 3.19. The standard InChI is InChI=1S/C22H23N5O5/c1-15(22(29)32-3)13-25(14-17-8-5-4-6-9-17)21(28)20-16(2)26(24-23-20)18-10-7-11-19(12-18)27(30)31/h4-12,15H,13-14H2,1-3H3. The Morgan fingerprint density at radius 2 is 1.91 bits per heavy atom. The van der Waals surface area contributed by atoms with Crippen LogP contribution in [-0.2, 0) is 16.1 Å².